The lowest BCUT2D eigenvalue weighted by atomic mass is 10.1. The van der Waals surface area contributed by atoms with Gasteiger partial charge in [0, 0.05) is 16.3 Å². The first-order valence-corrected chi connectivity index (χ1v) is 7.09. The molecule has 1 saturated heterocycles. The van der Waals surface area contributed by atoms with Gasteiger partial charge < -0.3 is 0 Å². The molecule has 0 amide bonds. The van der Waals surface area contributed by atoms with Gasteiger partial charge in [0.1, 0.15) is 0 Å². The van der Waals surface area contributed by atoms with Crippen LogP contribution in [-0.4, -0.2) is 11.8 Å². The van der Waals surface area contributed by atoms with Crippen molar-refractivity contribution >= 4 is 27.7 Å². The predicted octanol–water partition coefficient (Wildman–Crippen LogP) is 3.27. The van der Waals surface area contributed by atoms with Crippen LogP contribution in [0.5, 0.6) is 0 Å². The third-order valence-electron chi connectivity index (χ3n) is 3.36. The third-order valence-corrected chi connectivity index (χ3v) is 5.64. The van der Waals surface area contributed by atoms with Crippen LogP contribution in [0.15, 0.2) is 22.7 Å². The Morgan fingerprint density at radius 1 is 1.53 bits per heavy atom. The van der Waals surface area contributed by atoms with Crippen molar-refractivity contribution < 1.29 is 0 Å². The average Bonchev–Trinajstić information content (AvgIpc) is 2.75. The Bertz CT molecular complexity index is 407. The van der Waals surface area contributed by atoms with E-state index in [1.807, 2.05) is 0 Å². The molecule has 2 unspecified atom stereocenters. The van der Waals surface area contributed by atoms with Crippen LogP contribution in [0.2, 0.25) is 0 Å². The van der Waals surface area contributed by atoms with Gasteiger partial charge in [0.15, 0.2) is 0 Å². The molecular formula is C12H14BrNS. The standard InChI is InChI=1S/C12H14BrNS/c1-8-7-14-12(15-8)6-5-9-10(12)3-2-4-11(9)13/h2-4,8,14H,5-7H2,1H3. The van der Waals surface area contributed by atoms with Gasteiger partial charge in [0.05, 0.1) is 4.87 Å². The number of thioether (sulfide) groups is 1. The van der Waals surface area contributed by atoms with Crippen molar-refractivity contribution in [1.82, 2.24) is 5.32 Å². The highest BCUT2D eigenvalue weighted by Crippen LogP contribution is 2.51. The highest BCUT2D eigenvalue weighted by atomic mass is 79.9. The summed E-state index contributed by atoms with van der Waals surface area (Å²) in [7, 11) is 0. The van der Waals surface area contributed by atoms with E-state index in [2.05, 4.69) is 58.1 Å². The minimum atomic E-state index is 0.221. The van der Waals surface area contributed by atoms with Crippen LogP contribution in [0.3, 0.4) is 0 Å². The van der Waals surface area contributed by atoms with Crippen LogP contribution in [0.1, 0.15) is 24.5 Å². The van der Waals surface area contributed by atoms with Crippen LogP contribution in [0.4, 0.5) is 0 Å². The molecule has 1 aliphatic carbocycles. The van der Waals surface area contributed by atoms with Crippen molar-refractivity contribution in [3.05, 3.63) is 33.8 Å². The summed E-state index contributed by atoms with van der Waals surface area (Å²) in [4.78, 5) is 0.221. The second kappa shape index (κ2) is 3.51. The average molecular weight is 284 g/mol. The molecule has 1 spiro atoms. The summed E-state index contributed by atoms with van der Waals surface area (Å²) in [5.74, 6) is 0. The van der Waals surface area contributed by atoms with Crippen LogP contribution in [0.25, 0.3) is 0 Å². The Balaban J connectivity index is 2.08. The van der Waals surface area contributed by atoms with Gasteiger partial charge in [0.25, 0.3) is 0 Å². The number of fused-ring (bicyclic) bond motifs is 2. The fourth-order valence-electron chi connectivity index (χ4n) is 2.67. The van der Waals surface area contributed by atoms with E-state index < -0.39 is 0 Å². The van der Waals surface area contributed by atoms with E-state index >= 15 is 0 Å². The monoisotopic (exact) mass is 283 g/mol. The highest BCUT2D eigenvalue weighted by Gasteiger charge is 2.44. The summed E-state index contributed by atoms with van der Waals surface area (Å²) >= 11 is 5.75. The molecule has 2 atom stereocenters. The van der Waals surface area contributed by atoms with Gasteiger partial charge in [-0.05, 0) is 30.0 Å². The molecule has 3 rings (SSSR count). The topological polar surface area (TPSA) is 12.0 Å². The maximum absolute atomic E-state index is 3.71. The number of hydrogen-bond acceptors (Lipinski definition) is 2. The number of benzene rings is 1. The lowest BCUT2D eigenvalue weighted by Gasteiger charge is -2.24. The maximum atomic E-state index is 3.71. The molecule has 2 aliphatic rings. The van der Waals surface area contributed by atoms with Gasteiger partial charge in [-0.25, -0.2) is 0 Å². The van der Waals surface area contributed by atoms with Gasteiger partial charge in [-0.1, -0.05) is 35.0 Å². The first-order chi connectivity index (χ1) is 7.21. The van der Waals surface area contributed by atoms with Gasteiger partial charge in [-0.3, -0.25) is 5.32 Å². The zero-order chi connectivity index (χ0) is 10.5. The van der Waals surface area contributed by atoms with Gasteiger partial charge >= 0.3 is 0 Å². The molecule has 80 valence electrons. The van der Waals surface area contributed by atoms with E-state index in [1.165, 1.54) is 28.4 Å². The van der Waals surface area contributed by atoms with Gasteiger partial charge in [0.2, 0.25) is 0 Å². The Morgan fingerprint density at radius 2 is 2.40 bits per heavy atom. The number of halogens is 1. The SMILES string of the molecule is CC1CNC2(CCc3c(Br)cccc32)S1. The summed E-state index contributed by atoms with van der Waals surface area (Å²) in [5.41, 5.74) is 3.01. The normalized spacial score (nSPS) is 33.6. The van der Waals surface area contributed by atoms with Gasteiger partial charge in [-0.2, -0.15) is 0 Å². The molecular weight excluding hydrogens is 270 g/mol. The Hall–Kier alpha value is 0.01000. The van der Waals surface area contributed by atoms with E-state index in [4.69, 9.17) is 0 Å². The predicted molar refractivity (Wildman–Crippen MR) is 69.2 cm³/mol. The van der Waals surface area contributed by atoms with Crippen molar-refractivity contribution in [3.63, 3.8) is 0 Å². The lowest BCUT2D eigenvalue weighted by Crippen LogP contribution is -2.31. The fraction of sp³-hybridized carbons (Fsp3) is 0.500. The van der Waals surface area contributed by atoms with E-state index in [9.17, 15) is 0 Å². The molecule has 0 bridgehead atoms. The zero-order valence-electron chi connectivity index (χ0n) is 8.72. The molecule has 1 heterocycles. The Morgan fingerprint density at radius 3 is 3.13 bits per heavy atom. The quantitative estimate of drug-likeness (QED) is 0.784. The summed E-state index contributed by atoms with van der Waals surface area (Å²) in [5, 5.41) is 4.44. The molecule has 3 heteroatoms. The maximum Gasteiger partial charge on any atom is 0.0911 e. The molecule has 1 fully saturated rings. The number of hydrogen-bond donors (Lipinski definition) is 1. The van der Waals surface area contributed by atoms with Crippen molar-refractivity contribution in [2.45, 2.75) is 29.9 Å². The first-order valence-electron chi connectivity index (χ1n) is 5.42. The van der Waals surface area contributed by atoms with Crippen LogP contribution in [0, 0.1) is 0 Å². The van der Waals surface area contributed by atoms with E-state index in [0.717, 1.165) is 11.8 Å². The molecule has 1 aliphatic heterocycles. The van der Waals surface area contributed by atoms with Crippen molar-refractivity contribution in [2.75, 3.05) is 6.54 Å². The van der Waals surface area contributed by atoms with Gasteiger partial charge in [-0.15, -0.1) is 11.8 Å². The molecule has 1 aromatic rings. The summed E-state index contributed by atoms with van der Waals surface area (Å²) < 4.78 is 1.28. The minimum absolute atomic E-state index is 0.221. The summed E-state index contributed by atoms with van der Waals surface area (Å²) in [6.07, 6.45) is 2.43. The van der Waals surface area contributed by atoms with E-state index in [1.54, 1.807) is 0 Å². The molecule has 15 heavy (non-hydrogen) atoms. The molecule has 1 nitrogen and oxygen atoms in total. The largest absolute Gasteiger partial charge is 0.298 e. The summed E-state index contributed by atoms with van der Waals surface area (Å²) in [6.45, 7) is 3.44. The third kappa shape index (κ3) is 1.48. The molecule has 1 N–H and O–H groups in total. The van der Waals surface area contributed by atoms with E-state index in [-0.39, 0.29) is 4.87 Å². The van der Waals surface area contributed by atoms with Crippen molar-refractivity contribution in [3.8, 4) is 0 Å². The molecule has 0 aromatic heterocycles. The number of rotatable bonds is 0. The molecule has 0 saturated carbocycles. The molecule has 0 radical (unpaired) electrons. The summed E-state index contributed by atoms with van der Waals surface area (Å²) in [6, 6.07) is 6.59. The lowest BCUT2D eigenvalue weighted by molar-refractivity contribution is 0.515. The van der Waals surface area contributed by atoms with Crippen LogP contribution in [-0.2, 0) is 11.3 Å². The second-order valence-corrected chi connectivity index (χ2v) is 6.99. The minimum Gasteiger partial charge on any atom is -0.298 e. The zero-order valence-corrected chi connectivity index (χ0v) is 11.1. The Kier molecular flexibility index (Phi) is 2.38. The van der Waals surface area contributed by atoms with Crippen LogP contribution >= 0.6 is 27.7 Å². The number of nitrogens with one attached hydrogen (secondary N) is 1. The fourth-order valence-corrected chi connectivity index (χ4v) is 4.79. The van der Waals surface area contributed by atoms with Crippen molar-refractivity contribution in [1.29, 1.82) is 0 Å². The first kappa shape index (κ1) is 10.2. The van der Waals surface area contributed by atoms with Crippen molar-refractivity contribution in [2.24, 2.45) is 0 Å². The second-order valence-electron chi connectivity index (χ2n) is 4.40. The smallest absolute Gasteiger partial charge is 0.0911 e. The Labute approximate surface area is 103 Å². The molecule has 1 aromatic carbocycles. The highest BCUT2D eigenvalue weighted by molar-refractivity contribution is 9.10. The van der Waals surface area contributed by atoms with Crippen LogP contribution < -0.4 is 5.32 Å². The van der Waals surface area contributed by atoms with E-state index in [0.29, 0.717) is 0 Å².